The molecular formula is C48H32N2O. The first-order chi connectivity index (χ1) is 25.3. The summed E-state index contributed by atoms with van der Waals surface area (Å²) in [5.41, 5.74) is 12.7. The molecule has 0 aliphatic heterocycles. The largest absolute Gasteiger partial charge is 0.436 e. The molecule has 240 valence electrons. The van der Waals surface area contributed by atoms with Gasteiger partial charge in [-0.05, 0) is 81.2 Å². The van der Waals surface area contributed by atoms with Crippen molar-refractivity contribution < 1.29 is 4.42 Å². The smallest absolute Gasteiger partial charge is 0.227 e. The fourth-order valence-electron chi connectivity index (χ4n) is 8.16. The summed E-state index contributed by atoms with van der Waals surface area (Å²) in [5, 5.41) is 2.35. The summed E-state index contributed by atoms with van der Waals surface area (Å²) in [4.78, 5) is 7.22. The highest BCUT2D eigenvalue weighted by molar-refractivity contribution is 6.00. The van der Waals surface area contributed by atoms with Gasteiger partial charge in [0.15, 0.2) is 5.58 Å². The quantitative estimate of drug-likeness (QED) is 0.179. The molecule has 0 saturated carbocycles. The van der Waals surface area contributed by atoms with E-state index in [1.54, 1.807) is 0 Å². The van der Waals surface area contributed by atoms with E-state index in [4.69, 9.17) is 9.40 Å². The molecule has 3 heteroatoms. The molecule has 1 aromatic heterocycles. The van der Waals surface area contributed by atoms with E-state index in [0.29, 0.717) is 5.89 Å². The van der Waals surface area contributed by atoms with Crippen LogP contribution in [0.1, 0.15) is 22.3 Å². The van der Waals surface area contributed by atoms with Crippen molar-refractivity contribution in [3.05, 3.63) is 216 Å². The molecule has 1 aliphatic carbocycles. The third-order valence-corrected chi connectivity index (χ3v) is 10.4. The minimum Gasteiger partial charge on any atom is -0.436 e. The van der Waals surface area contributed by atoms with Gasteiger partial charge in [-0.15, -0.1) is 0 Å². The lowest BCUT2D eigenvalue weighted by Crippen LogP contribution is -2.28. The first kappa shape index (κ1) is 29.2. The van der Waals surface area contributed by atoms with Gasteiger partial charge in [-0.2, -0.15) is 0 Å². The number of benzene rings is 8. The van der Waals surface area contributed by atoms with Crippen LogP contribution < -0.4 is 4.90 Å². The number of rotatable bonds is 6. The highest BCUT2D eigenvalue weighted by atomic mass is 16.3. The Hall–Kier alpha value is -6.71. The Morgan fingerprint density at radius 1 is 0.471 bits per heavy atom. The Kier molecular flexibility index (Phi) is 6.71. The normalized spacial score (nSPS) is 12.9. The molecule has 0 saturated heterocycles. The van der Waals surface area contributed by atoms with Crippen molar-refractivity contribution in [2.75, 3.05) is 4.90 Å². The maximum Gasteiger partial charge on any atom is 0.227 e. The molecule has 51 heavy (non-hydrogen) atoms. The van der Waals surface area contributed by atoms with Crippen LogP contribution in [0.4, 0.5) is 17.1 Å². The van der Waals surface area contributed by atoms with Gasteiger partial charge >= 0.3 is 0 Å². The fraction of sp³-hybridized carbons (Fsp3) is 0.0208. The number of anilines is 3. The maximum atomic E-state index is 6.43. The van der Waals surface area contributed by atoms with Crippen LogP contribution in [0.15, 0.2) is 199 Å². The van der Waals surface area contributed by atoms with E-state index in [2.05, 4.69) is 169 Å². The molecule has 3 nitrogen and oxygen atoms in total. The molecule has 1 heterocycles. The number of hydrogen-bond acceptors (Lipinski definition) is 3. The van der Waals surface area contributed by atoms with Gasteiger partial charge in [-0.1, -0.05) is 146 Å². The Bertz CT molecular complexity index is 2650. The fourth-order valence-corrected chi connectivity index (χ4v) is 8.16. The van der Waals surface area contributed by atoms with E-state index in [1.807, 2.05) is 30.3 Å². The standard InChI is InChI=1S/C48H32N2O/c1-4-16-34(17-5-1)47-49-44-30-28-38(32-46(44)51-47)50(45-26-14-18-33-15-10-11-23-39(33)45)37-27-29-41-40-24-12-13-25-42(40)48(43(41)31-37,35-19-6-2-7-20-35)36-21-8-3-9-22-36/h1-32H. The molecule has 0 radical (unpaired) electrons. The second kappa shape index (κ2) is 11.7. The van der Waals surface area contributed by atoms with Crippen LogP contribution in [0.3, 0.4) is 0 Å². The van der Waals surface area contributed by atoms with E-state index in [0.717, 1.165) is 33.7 Å². The maximum absolute atomic E-state index is 6.43. The molecule has 0 atom stereocenters. The summed E-state index contributed by atoms with van der Waals surface area (Å²) in [7, 11) is 0. The summed E-state index contributed by atoms with van der Waals surface area (Å²) in [6.07, 6.45) is 0. The summed E-state index contributed by atoms with van der Waals surface area (Å²) in [6, 6.07) is 69.4. The SMILES string of the molecule is c1ccc(-c2nc3ccc(N(c4ccc5c(c4)C(c4ccccc4)(c4ccccc4)c4ccccc4-5)c4cccc5ccccc45)cc3o2)cc1. The zero-order valence-electron chi connectivity index (χ0n) is 27.8. The number of hydrogen-bond donors (Lipinski definition) is 0. The first-order valence-corrected chi connectivity index (χ1v) is 17.4. The zero-order chi connectivity index (χ0) is 33.8. The van der Waals surface area contributed by atoms with Gasteiger partial charge in [-0.3, -0.25) is 0 Å². The van der Waals surface area contributed by atoms with Gasteiger partial charge < -0.3 is 9.32 Å². The number of fused-ring (bicyclic) bond motifs is 5. The minimum atomic E-state index is -0.506. The van der Waals surface area contributed by atoms with Crippen LogP contribution in [-0.4, -0.2) is 4.98 Å². The molecule has 8 aromatic carbocycles. The monoisotopic (exact) mass is 652 g/mol. The highest BCUT2D eigenvalue weighted by Gasteiger charge is 2.46. The predicted molar refractivity (Wildman–Crippen MR) is 209 cm³/mol. The van der Waals surface area contributed by atoms with E-state index in [1.165, 1.54) is 44.2 Å². The van der Waals surface area contributed by atoms with E-state index in [9.17, 15) is 0 Å². The van der Waals surface area contributed by atoms with Gasteiger partial charge in [-0.25, -0.2) is 4.98 Å². The lowest BCUT2D eigenvalue weighted by molar-refractivity contribution is 0.620. The molecule has 0 unspecified atom stereocenters. The van der Waals surface area contributed by atoms with Crippen molar-refractivity contribution in [3.8, 4) is 22.6 Å². The first-order valence-electron chi connectivity index (χ1n) is 17.4. The third kappa shape index (κ3) is 4.56. The van der Waals surface area contributed by atoms with Crippen molar-refractivity contribution in [3.63, 3.8) is 0 Å². The van der Waals surface area contributed by atoms with Gasteiger partial charge in [0.1, 0.15) is 5.52 Å². The highest BCUT2D eigenvalue weighted by Crippen LogP contribution is 2.57. The van der Waals surface area contributed by atoms with Crippen molar-refractivity contribution in [1.29, 1.82) is 0 Å². The molecule has 0 N–H and O–H groups in total. The molecular weight excluding hydrogens is 621 g/mol. The Morgan fingerprint density at radius 3 is 1.86 bits per heavy atom. The van der Waals surface area contributed by atoms with E-state index >= 15 is 0 Å². The topological polar surface area (TPSA) is 29.3 Å². The van der Waals surface area contributed by atoms with Gasteiger partial charge in [0, 0.05) is 22.7 Å². The average Bonchev–Trinajstić information content (AvgIpc) is 3.77. The van der Waals surface area contributed by atoms with Crippen LogP contribution in [-0.2, 0) is 5.41 Å². The Labute approximate surface area is 296 Å². The van der Waals surface area contributed by atoms with Crippen molar-refractivity contribution in [1.82, 2.24) is 4.98 Å². The molecule has 0 bridgehead atoms. The molecule has 10 rings (SSSR count). The summed E-state index contributed by atoms with van der Waals surface area (Å²) < 4.78 is 6.43. The van der Waals surface area contributed by atoms with Crippen LogP contribution in [0.2, 0.25) is 0 Å². The van der Waals surface area contributed by atoms with Crippen molar-refractivity contribution in [2.45, 2.75) is 5.41 Å². The lowest BCUT2D eigenvalue weighted by Gasteiger charge is -2.35. The molecule has 0 amide bonds. The van der Waals surface area contributed by atoms with Crippen molar-refractivity contribution >= 4 is 38.9 Å². The number of oxazole rings is 1. The van der Waals surface area contributed by atoms with Crippen LogP contribution in [0.5, 0.6) is 0 Å². The Morgan fingerprint density at radius 2 is 1.08 bits per heavy atom. The van der Waals surface area contributed by atoms with Gasteiger partial charge in [0.2, 0.25) is 5.89 Å². The van der Waals surface area contributed by atoms with Crippen LogP contribution in [0.25, 0.3) is 44.5 Å². The average molecular weight is 653 g/mol. The van der Waals surface area contributed by atoms with Gasteiger partial charge in [0.25, 0.3) is 0 Å². The van der Waals surface area contributed by atoms with Crippen LogP contribution >= 0.6 is 0 Å². The van der Waals surface area contributed by atoms with E-state index < -0.39 is 5.41 Å². The second-order valence-electron chi connectivity index (χ2n) is 13.1. The summed E-state index contributed by atoms with van der Waals surface area (Å²) >= 11 is 0. The molecule has 0 spiro atoms. The van der Waals surface area contributed by atoms with Crippen molar-refractivity contribution in [2.24, 2.45) is 0 Å². The molecule has 0 fully saturated rings. The minimum absolute atomic E-state index is 0.506. The predicted octanol–water partition coefficient (Wildman–Crippen LogP) is 12.5. The molecule has 9 aromatic rings. The third-order valence-electron chi connectivity index (χ3n) is 10.4. The lowest BCUT2D eigenvalue weighted by atomic mass is 9.67. The Balaban J connectivity index is 1.24. The number of nitrogens with zero attached hydrogens (tertiary/aromatic N) is 2. The second-order valence-corrected chi connectivity index (χ2v) is 13.1. The summed E-state index contributed by atoms with van der Waals surface area (Å²) in [5.74, 6) is 0.616. The van der Waals surface area contributed by atoms with Gasteiger partial charge in [0.05, 0.1) is 16.8 Å². The van der Waals surface area contributed by atoms with E-state index in [-0.39, 0.29) is 0 Å². The zero-order valence-corrected chi connectivity index (χ0v) is 27.8. The van der Waals surface area contributed by atoms with Crippen LogP contribution in [0, 0.1) is 0 Å². The number of aromatic nitrogens is 1. The summed E-state index contributed by atoms with van der Waals surface area (Å²) in [6.45, 7) is 0. The molecule has 1 aliphatic rings.